The molecule has 0 atom stereocenters. The van der Waals surface area contributed by atoms with Crippen LogP contribution in [-0.2, 0) is 30.5 Å². The summed E-state index contributed by atoms with van der Waals surface area (Å²) in [6.45, 7) is 0. The average molecular weight is 569 g/mol. The van der Waals surface area contributed by atoms with Crippen molar-refractivity contribution in [2.75, 3.05) is 28.4 Å². The lowest BCUT2D eigenvalue weighted by Gasteiger charge is -2.31. The van der Waals surface area contributed by atoms with Gasteiger partial charge in [-0.25, -0.2) is 0 Å². The zero-order valence-electron chi connectivity index (χ0n) is 26.8. The summed E-state index contributed by atoms with van der Waals surface area (Å²) in [6.07, 6.45) is 24.4. The lowest BCUT2D eigenvalue weighted by Crippen LogP contribution is -2.30. The summed E-state index contributed by atoms with van der Waals surface area (Å²) in [6, 6.07) is 20.7. The van der Waals surface area contributed by atoms with Gasteiger partial charge in [-0.2, -0.15) is 0 Å². The molecule has 0 aliphatic heterocycles. The SMILES string of the molecule is COC(CCCCCCCCCCCCCCCCCCCC(OC)(OC)c1ccccc1)(OC)c1ccccc1. The topological polar surface area (TPSA) is 36.9 Å². The van der Waals surface area contributed by atoms with Crippen LogP contribution >= 0.6 is 0 Å². The fourth-order valence-electron chi connectivity index (χ4n) is 6.09. The van der Waals surface area contributed by atoms with E-state index >= 15 is 0 Å². The molecular formula is C37H60O4. The summed E-state index contributed by atoms with van der Waals surface area (Å²) in [5.41, 5.74) is 2.22. The molecule has 2 aromatic carbocycles. The quantitative estimate of drug-likeness (QED) is 0.0835. The molecule has 4 nitrogen and oxygen atoms in total. The van der Waals surface area contributed by atoms with Crippen LogP contribution in [0.15, 0.2) is 60.7 Å². The Hall–Kier alpha value is -1.72. The molecule has 2 rings (SSSR count). The Kier molecular flexibility index (Phi) is 19.0. The van der Waals surface area contributed by atoms with Crippen molar-refractivity contribution in [3.8, 4) is 0 Å². The van der Waals surface area contributed by atoms with Crippen LogP contribution in [0, 0.1) is 0 Å². The molecule has 0 heterocycles. The molecule has 0 saturated carbocycles. The van der Waals surface area contributed by atoms with E-state index in [2.05, 4.69) is 48.5 Å². The van der Waals surface area contributed by atoms with E-state index < -0.39 is 11.6 Å². The maximum atomic E-state index is 5.81. The lowest BCUT2D eigenvalue weighted by molar-refractivity contribution is -0.221. The van der Waals surface area contributed by atoms with Crippen LogP contribution in [0.25, 0.3) is 0 Å². The minimum atomic E-state index is -0.605. The molecule has 0 unspecified atom stereocenters. The van der Waals surface area contributed by atoms with Crippen LogP contribution in [0.1, 0.15) is 133 Å². The number of ether oxygens (including phenoxy) is 4. The van der Waals surface area contributed by atoms with Gasteiger partial charge in [0.25, 0.3) is 0 Å². The van der Waals surface area contributed by atoms with Crippen molar-refractivity contribution in [1.82, 2.24) is 0 Å². The van der Waals surface area contributed by atoms with Gasteiger partial charge in [-0.1, -0.05) is 157 Å². The first-order chi connectivity index (χ1) is 20.2. The van der Waals surface area contributed by atoms with Gasteiger partial charge >= 0.3 is 0 Å². The zero-order valence-corrected chi connectivity index (χ0v) is 26.8. The molecule has 0 bridgehead atoms. The average Bonchev–Trinajstić information content (AvgIpc) is 3.03. The number of benzene rings is 2. The summed E-state index contributed by atoms with van der Waals surface area (Å²) in [5, 5.41) is 0. The van der Waals surface area contributed by atoms with Crippen LogP contribution < -0.4 is 0 Å². The van der Waals surface area contributed by atoms with Crippen LogP contribution in [0.3, 0.4) is 0 Å². The van der Waals surface area contributed by atoms with E-state index in [0.717, 1.165) is 36.8 Å². The fourth-order valence-corrected chi connectivity index (χ4v) is 6.09. The standard InChI is InChI=1S/C37H60O4/c1-38-36(39-2,34-28-22-20-23-29-34)32-26-18-16-14-12-10-8-6-5-7-9-11-13-15-17-19-27-33-37(40-3,41-4)35-30-24-21-25-31-35/h20-25,28-31H,5-19,26-27,32-33H2,1-4H3. The minimum Gasteiger partial charge on any atom is -0.349 e. The predicted molar refractivity (Wildman–Crippen MR) is 172 cm³/mol. The molecule has 41 heavy (non-hydrogen) atoms. The first-order valence-corrected chi connectivity index (χ1v) is 16.5. The Morgan fingerprint density at radius 3 is 0.780 bits per heavy atom. The van der Waals surface area contributed by atoms with E-state index in [0.29, 0.717) is 0 Å². The highest BCUT2D eigenvalue weighted by molar-refractivity contribution is 5.21. The summed E-state index contributed by atoms with van der Waals surface area (Å²) in [7, 11) is 7.01. The minimum absolute atomic E-state index is 0.605. The molecule has 4 heteroatoms. The van der Waals surface area contributed by atoms with Gasteiger partial charge < -0.3 is 18.9 Å². The van der Waals surface area contributed by atoms with Crippen molar-refractivity contribution in [3.63, 3.8) is 0 Å². The highest BCUT2D eigenvalue weighted by atomic mass is 16.7. The number of rotatable bonds is 26. The second-order valence-electron chi connectivity index (χ2n) is 11.6. The molecule has 0 fully saturated rings. The van der Waals surface area contributed by atoms with E-state index in [-0.39, 0.29) is 0 Å². The molecular weight excluding hydrogens is 508 g/mol. The third kappa shape index (κ3) is 13.0. The van der Waals surface area contributed by atoms with Gasteiger partial charge in [-0.3, -0.25) is 0 Å². The van der Waals surface area contributed by atoms with Crippen LogP contribution in [0.5, 0.6) is 0 Å². The van der Waals surface area contributed by atoms with Crippen molar-refractivity contribution in [3.05, 3.63) is 71.8 Å². The molecule has 0 aromatic heterocycles. The summed E-state index contributed by atoms with van der Waals surface area (Å²) in [4.78, 5) is 0. The van der Waals surface area contributed by atoms with Crippen molar-refractivity contribution < 1.29 is 18.9 Å². The van der Waals surface area contributed by atoms with Crippen molar-refractivity contribution >= 4 is 0 Å². The maximum Gasteiger partial charge on any atom is 0.194 e. The highest BCUT2D eigenvalue weighted by Crippen LogP contribution is 2.33. The second kappa shape index (κ2) is 21.9. The van der Waals surface area contributed by atoms with Crippen LogP contribution in [-0.4, -0.2) is 28.4 Å². The van der Waals surface area contributed by atoms with Gasteiger partial charge in [0.1, 0.15) is 0 Å². The highest BCUT2D eigenvalue weighted by Gasteiger charge is 2.32. The van der Waals surface area contributed by atoms with Crippen molar-refractivity contribution in [1.29, 1.82) is 0 Å². The molecule has 2 aromatic rings. The predicted octanol–water partition coefficient (Wildman–Crippen LogP) is 10.7. The summed E-state index contributed by atoms with van der Waals surface area (Å²) >= 11 is 0. The molecule has 0 radical (unpaired) electrons. The van der Waals surface area contributed by atoms with E-state index in [9.17, 15) is 0 Å². The van der Waals surface area contributed by atoms with Gasteiger partial charge in [0, 0.05) is 52.4 Å². The smallest absolute Gasteiger partial charge is 0.194 e. The third-order valence-corrected chi connectivity index (χ3v) is 8.76. The van der Waals surface area contributed by atoms with Gasteiger partial charge in [0.2, 0.25) is 0 Å². The largest absolute Gasteiger partial charge is 0.349 e. The summed E-state index contributed by atoms with van der Waals surface area (Å²) in [5.74, 6) is -1.21. The Morgan fingerprint density at radius 1 is 0.341 bits per heavy atom. The molecule has 232 valence electrons. The fraction of sp³-hybridized carbons (Fsp3) is 0.676. The Bertz CT molecular complexity index is 774. The Morgan fingerprint density at radius 2 is 0.561 bits per heavy atom. The van der Waals surface area contributed by atoms with E-state index in [1.807, 2.05) is 12.1 Å². The first kappa shape index (κ1) is 35.5. The number of unbranched alkanes of at least 4 members (excludes halogenated alkanes) is 16. The van der Waals surface area contributed by atoms with Crippen molar-refractivity contribution in [2.24, 2.45) is 0 Å². The lowest BCUT2D eigenvalue weighted by atomic mass is 9.97. The molecule has 0 N–H and O–H groups in total. The summed E-state index contributed by atoms with van der Waals surface area (Å²) < 4.78 is 23.2. The normalized spacial score (nSPS) is 12.2. The molecule has 0 saturated heterocycles. The Labute approximate surface area is 252 Å². The number of methoxy groups -OCH3 is 4. The van der Waals surface area contributed by atoms with Gasteiger partial charge in [-0.15, -0.1) is 0 Å². The molecule has 0 amide bonds. The van der Waals surface area contributed by atoms with E-state index in [1.54, 1.807) is 28.4 Å². The first-order valence-electron chi connectivity index (χ1n) is 16.5. The third-order valence-electron chi connectivity index (χ3n) is 8.76. The maximum absolute atomic E-state index is 5.81. The van der Waals surface area contributed by atoms with Gasteiger partial charge in [-0.05, 0) is 12.8 Å². The van der Waals surface area contributed by atoms with E-state index in [4.69, 9.17) is 18.9 Å². The monoisotopic (exact) mass is 568 g/mol. The number of hydrogen-bond acceptors (Lipinski definition) is 4. The molecule has 0 spiro atoms. The number of hydrogen-bond donors (Lipinski definition) is 0. The zero-order chi connectivity index (χ0) is 29.5. The van der Waals surface area contributed by atoms with Crippen LogP contribution in [0.4, 0.5) is 0 Å². The van der Waals surface area contributed by atoms with Crippen LogP contribution in [0.2, 0.25) is 0 Å². The van der Waals surface area contributed by atoms with Gasteiger partial charge in [0.05, 0.1) is 0 Å². The molecule has 0 aliphatic rings. The second-order valence-corrected chi connectivity index (χ2v) is 11.6. The molecule has 0 aliphatic carbocycles. The van der Waals surface area contributed by atoms with Crippen molar-refractivity contribution in [2.45, 2.75) is 134 Å². The van der Waals surface area contributed by atoms with Gasteiger partial charge in [0.15, 0.2) is 11.6 Å². The van der Waals surface area contributed by atoms with E-state index in [1.165, 1.54) is 96.3 Å². The Balaban J connectivity index is 1.37.